The van der Waals surface area contributed by atoms with Crippen molar-refractivity contribution < 1.29 is 18.7 Å². The molecule has 0 amide bonds. The van der Waals surface area contributed by atoms with Crippen LogP contribution in [0.2, 0.25) is 0 Å². The zero-order valence-electron chi connectivity index (χ0n) is 14.2. The Bertz CT molecular complexity index is 930. The number of halogens is 1. The molecule has 1 heterocycles. The van der Waals surface area contributed by atoms with E-state index in [1.165, 1.54) is 26.4 Å². The van der Waals surface area contributed by atoms with Crippen molar-refractivity contribution in [3.05, 3.63) is 66.2 Å². The van der Waals surface area contributed by atoms with Crippen LogP contribution in [0.5, 0.6) is 5.75 Å². The van der Waals surface area contributed by atoms with Crippen molar-refractivity contribution in [2.75, 3.05) is 19.5 Å². The molecule has 26 heavy (non-hydrogen) atoms. The molecule has 1 aromatic heterocycles. The lowest BCUT2D eigenvalue weighted by molar-refractivity contribution is 0.0600. The maximum atomic E-state index is 13.3. The molecule has 7 heteroatoms. The molecule has 0 aliphatic carbocycles. The average molecular weight is 353 g/mol. The molecule has 2 aromatic carbocycles. The van der Waals surface area contributed by atoms with Crippen LogP contribution in [0.1, 0.15) is 10.4 Å². The summed E-state index contributed by atoms with van der Waals surface area (Å²) < 4.78 is 23.3. The van der Waals surface area contributed by atoms with Gasteiger partial charge >= 0.3 is 5.97 Å². The Balaban J connectivity index is 1.86. The Morgan fingerprint density at radius 2 is 1.81 bits per heavy atom. The number of carbonyl (C=O) groups excluding carboxylic acids is 1. The van der Waals surface area contributed by atoms with E-state index >= 15 is 0 Å². The summed E-state index contributed by atoms with van der Waals surface area (Å²) >= 11 is 0. The molecule has 0 aliphatic rings. The minimum Gasteiger partial charge on any atom is -0.495 e. The minimum absolute atomic E-state index is 0.311. The van der Waals surface area contributed by atoms with E-state index in [0.29, 0.717) is 34.1 Å². The number of hydrogen-bond acceptors (Lipinski definition) is 6. The van der Waals surface area contributed by atoms with Crippen LogP contribution in [0.4, 0.5) is 16.0 Å². The fourth-order valence-corrected chi connectivity index (χ4v) is 2.38. The summed E-state index contributed by atoms with van der Waals surface area (Å²) in [5.74, 6) is 0.0491. The van der Waals surface area contributed by atoms with Gasteiger partial charge in [-0.05, 0) is 35.9 Å². The van der Waals surface area contributed by atoms with Gasteiger partial charge in [-0.15, -0.1) is 0 Å². The number of nitrogens with zero attached hydrogens (tertiary/aromatic N) is 2. The van der Waals surface area contributed by atoms with Crippen molar-refractivity contribution in [1.29, 1.82) is 0 Å². The molecule has 0 saturated carbocycles. The van der Waals surface area contributed by atoms with Gasteiger partial charge in [0.1, 0.15) is 11.6 Å². The highest BCUT2D eigenvalue weighted by Gasteiger charge is 2.11. The minimum atomic E-state index is -0.460. The highest BCUT2D eigenvalue weighted by Crippen LogP contribution is 2.28. The van der Waals surface area contributed by atoms with Crippen molar-refractivity contribution in [3.8, 4) is 16.9 Å². The Kier molecular flexibility index (Phi) is 5.07. The van der Waals surface area contributed by atoms with Gasteiger partial charge in [0.15, 0.2) is 0 Å². The van der Waals surface area contributed by atoms with Gasteiger partial charge in [-0.1, -0.05) is 12.1 Å². The van der Waals surface area contributed by atoms with Crippen LogP contribution in [0, 0.1) is 5.82 Å². The van der Waals surface area contributed by atoms with Crippen molar-refractivity contribution in [2.45, 2.75) is 0 Å². The molecular formula is C19H16FN3O3. The lowest BCUT2D eigenvalue weighted by Gasteiger charge is -2.11. The first-order chi connectivity index (χ1) is 12.6. The van der Waals surface area contributed by atoms with Crippen LogP contribution in [-0.4, -0.2) is 30.2 Å². The number of esters is 1. The maximum absolute atomic E-state index is 13.3. The molecule has 0 saturated heterocycles. The van der Waals surface area contributed by atoms with E-state index in [1.807, 2.05) is 0 Å². The number of aromatic nitrogens is 2. The highest BCUT2D eigenvalue weighted by atomic mass is 19.1. The molecule has 0 aliphatic heterocycles. The molecule has 0 atom stereocenters. The van der Waals surface area contributed by atoms with Gasteiger partial charge in [0.05, 0.1) is 25.5 Å². The predicted molar refractivity (Wildman–Crippen MR) is 95.0 cm³/mol. The molecule has 0 unspecified atom stereocenters. The number of carbonyl (C=O) groups is 1. The Hall–Kier alpha value is -3.48. The van der Waals surface area contributed by atoms with Crippen molar-refractivity contribution in [2.24, 2.45) is 0 Å². The van der Waals surface area contributed by atoms with Crippen LogP contribution in [0.15, 0.2) is 54.9 Å². The summed E-state index contributed by atoms with van der Waals surface area (Å²) in [5.41, 5.74) is 2.26. The van der Waals surface area contributed by atoms with Gasteiger partial charge in [-0.2, -0.15) is 0 Å². The molecule has 0 bridgehead atoms. The fourth-order valence-electron chi connectivity index (χ4n) is 2.38. The lowest BCUT2D eigenvalue weighted by atomic mass is 10.1. The Morgan fingerprint density at radius 1 is 1.04 bits per heavy atom. The number of rotatable bonds is 5. The summed E-state index contributed by atoms with van der Waals surface area (Å²) in [4.78, 5) is 20.2. The second-order valence-electron chi connectivity index (χ2n) is 5.34. The van der Waals surface area contributed by atoms with Crippen LogP contribution < -0.4 is 10.1 Å². The zero-order valence-corrected chi connectivity index (χ0v) is 14.2. The van der Waals surface area contributed by atoms with E-state index in [2.05, 4.69) is 15.3 Å². The number of hydrogen-bond donors (Lipinski definition) is 1. The fraction of sp³-hybridized carbons (Fsp3) is 0.105. The first kappa shape index (κ1) is 17.3. The van der Waals surface area contributed by atoms with Gasteiger partial charge in [-0.3, -0.25) is 0 Å². The van der Waals surface area contributed by atoms with E-state index in [9.17, 15) is 9.18 Å². The third kappa shape index (κ3) is 3.77. The quantitative estimate of drug-likeness (QED) is 0.703. The topological polar surface area (TPSA) is 73.3 Å². The number of ether oxygens (including phenoxy) is 2. The van der Waals surface area contributed by atoms with Crippen molar-refractivity contribution in [1.82, 2.24) is 9.97 Å². The van der Waals surface area contributed by atoms with Crippen LogP contribution in [-0.2, 0) is 4.74 Å². The summed E-state index contributed by atoms with van der Waals surface area (Å²) in [5, 5.41) is 3.00. The van der Waals surface area contributed by atoms with Crippen molar-refractivity contribution in [3.63, 3.8) is 0 Å². The standard InChI is InChI=1S/C19H16FN3O3/c1-25-17-7-6-13(18(24)26-2)9-16(17)23-19-21-10-14(11-22-19)12-4-3-5-15(20)8-12/h3-11H,1-2H3,(H,21,22,23). The number of anilines is 2. The highest BCUT2D eigenvalue weighted by molar-refractivity contribution is 5.91. The normalized spacial score (nSPS) is 10.3. The number of methoxy groups -OCH3 is 2. The monoisotopic (exact) mass is 353 g/mol. The van der Waals surface area contributed by atoms with Crippen LogP contribution >= 0.6 is 0 Å². The van der Waals surface area contributed by atoms with Gasteiger partial charge in [0.25, 0.3) is 0 Å². The Morgan fingerprint density at radius 3 is 2.46 bits per heavy atom. The van der Waals surface area contributed by atoms with Gasteiger partial charge in [-0.25, -0.2) is 19.2 Å². The van der Waals surface area contributed by atoms with Crippen molar-refractivity contribution >= 4 is 17.6 Å². The first-order valence-corrected chi connectivity index (χ1v) is 7.72. The molecule has 0 radical (unpaired) electrons. The van der Waals surface area contributed by atoms with Crippen LogP contribution in [0.3, 0.4) is 0 Å². The molecule has 0 spiro atoms. The third-order valence-electron chi connectivity index (χ3n) is 3.68. The smallest absolute Gasteiger partial charge is 0.337 e. The first-order valence-electron chi connectivity index (χ1n) is 7.72. The molecule has 3 aromatic rings. The molecule has 132 valence electrons. The van der Waals surface area contributed by atoms with Gasteiger partial charge < -0.3 is 14.8 Å². The second kappa shape index (κ2) is 7.60. The summed E-state index contributed by atoms with van der Waals surface area (Å²) in [6.07, 6.45) is 3.17. The van der Waals surface area contributed by atoms with E-state index < -0.39 is 5.97 Å². The maximum Gasteiger partial charge on any atom is 0.337 e. The van der Waals surface area contributed by atoms with Gasteiger partial charge in [0.2, 0.25) is 5.95 Å². The summed E-state index contributed by atoms with van der Waals surface area (Å²) in [7, 11) is 2.83. The largest absolute Gasteiger partial charge is 0.495 e. The lowest BCUT2D eigenvalue weighted by Crippen LogP contribution is -2.04. The SMILES string of the molecule is COC(=O)c1ccc(OC)c(Nc2ncc(-c3cccc(F)c3)cn2)c1. The van der Waals surface area contributed by atoms with Crippen LogP contribution in [0.25, 0.3) is 11.1 Å². The zero-order chi connectivity index (χ0) is 18.5. The second-order valence-corrected chi connectivity index (χ2v) is 5.34. The third-order valence-corrected chi connectivity index (χ3v) is 3.68. The van der Waals surface area contributed by atoms with Gasteiger partial charge in [0, 0.05) is 18.0 Å². The van der Waals surface area contributed by atoms with E-state index in [4.69, 9.17) is 9.47 Å². The number of benzene rings is 2. The Labute approximate surface area is 149 Å². The van der Waals surface area contributed by atoms with E-state index in [0.717, 1.165) is 0 Å². The molecule has 0 fully saturated rings. The molecule has 6 nitrogen and oxygen atoms in total. The predicted octanol–water partition coefficient (Wildman–Crippen LogP) is 3.82. The molecule has 1 N–H and O–H groups in total. The average Bonchev–Trinajstić information content (AvgIpc) is 2.68. The molecular weight excluding hydrogens is 337 g/mol. The summed E-state index contributed by atoms with van der Waals surface area (Å²) in [6, 6.07) is 11.0. The van der Waals surface area contributed by atoms with E-state index in [1.54, 1.807) is 42.7 Å². The van der Waals surface area contributed by atoms with E-state index in [-0.39, 0.29) is 5.82 Å². The number of nitrogens with one attached hydrogen (secondary N) is 1. The molecule has 3 rings (SSSR count). The summed E-state index contributed by atoms with van der Waals surface area (Å²) in [6.45, 7) is 0.